The van der Waals surface area contributed by atoms with Gasteiger partial charge in [0.25, 0.3) is 0 Å². The molecule has 0 unspecified atom stereocenters. The minimum Gasteiger partial charge on any atom is -0.307 e. The summed E-state index contributed by atoms with van der Waals surface area (Å²) in [4.78, 5) is 4.43. The lowest BCUT2D eigenvalue weighted by atomic mass is 10.0. The van der Waals surface area contributed by atoms with Gasteiger partial charge in [-0.2, -0.15) is 5.26 Å². The van der Waals surface area contributed by atoms with Gasteiger partial charge in [0.1, 0.15) is 6.07 Å². The maximum absolute atomic E-state index is 9.02. The second-order valence-corrected chi connectivity index (χ2v) is 4.36. The number of hydrazine groups is 1. The summed E-state index contributed by atoms with van der Waals surface area (Å²) in [5.41, 5.74) is 7.03. The molecule has 0 atom stereocenters. The van der Waals surface area contributed by atoms with Crippen LogP contribution in [0.4, 0.5) is 5.82 Å². The van der Waals surface area contributed by atoms with E-state index in [1.54, 1.807) is 6.07 Å². The van der Waals surface area contributed by atoms with Gasteiger partial charge < -0.3 is 5.43 Å². The van der Waals surface area contributed by atoms with Gasteiger partial charge in [0, 0.05) is 5.56 Å². The minimum absolute atomic E-state index is 0.405. The smallest absolute Gasteiger partial charge is 0.158 e. The average Bonchev–Trinajstić information content (AvgIpc) is 2.47. The second kappa shape index (κ2) is 5.51. The number of nitriles is 1. The molecule has 4 heteroatoms. The molecule has 1 heterocycles. The van der Waals surface area contributed by atoms with E-state index >= 15 is 0 Å². The molecule has 4 nitrogen and oxygen atoms in total. The van der Waals surface area contributed by atoms with Crippen molar-refractivity contribution >= 4 is 5.82 Å². The Morgan fingerprint density at radius 3 is 2.53 bits per heavy atom. The van der Waals surface area contributed by atoms with E-state index in [1.165, 1.54) is 5.56 Å². The van der Waals surface area contributed by atoms with Crippen molar-refractivity contribution in [1.82, 2.24) is 4.98 Å². The second-order valence-electron chi connectivity index (χ2n) is 4.36. The molecule has 0 saturated heterocycles. The summed E-state index contributed by atoms with van der Waals surface area (Å²) in [6.45, 7) is 4.06. The van der Waals surface area contributed by atoms with E-state index in [0.29, 0.717) is 11.4 Å². The van der Waals surface area contributed by atoms with Crippen molar-refractivity contribution < 1.29 is 0 Å². The lowest BCUT2D eigenvalue weighted by Gasteiger charge is -2.10. The summed E-state index contributed by atoms with van der Waals surface area (Å²) < 4.78 is 0. The molecule has 19 heavy (non-hydrogen) atoms. The van der Waals surface area contributed by atoms with Crippen molar-refractivity contribution in [2.45, 2.75) is 20.3 Å². The van der Waals surface area contributed by atoms with E-state index in [2.05, 4.69) is 35.5 Å². The number of nitrogens with one attached hydrogen (secondary N) is 1. The van der Waals surface area contributed by atoms with E-state index < -0.39 is 0 Å². The molecule has 0 radical (unpaired) electrons. The minimum atomic E-state index is 0.405. The Morgan fingerprint density at radius 2 is 2.00 bits per heavy atom. The van der Waals surface area contributed by atoms with Crippen LogP contribution in [0.3, 0.4) is 0 Å². The number of rotatable bonds is 3. The predicted molar refractivity (Wildman–Crippen MR) is 76.3 cm³/mol. The zero-order valence-electron chi connectivity index (χ0n) is 11.1. The summed E-state index contributed by atoms with van der Waals surface area (Å²) in [6, 6.07) is 12.1. The number of nitrogens with two attached hydrogens (primary N) is 1. The maximum Gasteiger partial charge on any atom is 0.158 e. The standard InChI is InChI=1S/C15H16N4/c1-3-11-4-6-12(7-5-11)14-10(2)8-13(9-16)15(18-14)19-17/h4-8H,3,17H2,1-2H3,(H,18,19). The number of benzene rings is 1. The van der Waals surface area contributed by atoms with Crippen LogP contribution in [0.15, 0.2) is 30.3 Å². The summed E-state index contributed by atoms with van der Waals surface area (Å²) in [6.07, 6.45) is 1.01. The van der Waals surface area contributed by atoms with Crippen LogP contribution < -0.4 is 11.3 Å². The highest BCUT2D eigenvalue weighted by Crippen LogP contribution is 2.25. The highest BCUT2D eigenvalue weighted by molar-refractivity contribution is 5.68. The Hall–Kier alpha value is -2.38. The predicted octanol–water partition coefficient (Wildman–Crippen LogP) is 2.78. The molecular formula is C15H16N4. The highest BCUT2D eigenvalue weighted by Gasteiger charge is 2.10. The van der Waals surface area contributed by atoms with E-state index in [1.807, 2.05) is 19.1 Å². The van der Waals surface area contributed by atoms with Gasteiger partial charge >= 0.3 is 0 Å². The largest absolute Gasteiger partial charge is 0.307 e. The fraction of sp³-hybridized carbons (Fsp3) is 0.200. The summed E-state index contributed by atoms with van der Waals surface area (Å²) >= 11 is 0. The van der Waals surface area contributed by atoms with Crippen molar-refractivity contribution in [3.63, 3.8) is 0 Å². The van der Waals surface area contributed by atoms with Crippen LogP contribution in [0, 0.1) is 18.3 Å². The van der Waals surface area contributed by atoms with Crippen LogP contribution in [-0.4, -0.2) is 4.98 Å². The molecule has 0 aliphatic heterocycles. The van der Waals surface area contributed by atoms with Crippen LogP contribution in [-0.2, 0) is 6.42 Å². The summed E-state index contributed by atoms with van der Waals surface area (Å²) in [5, 5.41) is 9.02. The molecule has 2 rings (SSSR count). The molecule has 0 saturated carbocycles. The number of aryl methyl sites for hydroxylation is 2. The van der Waals surface area contributed by atoms with Crippen LogP contribution in [0.2, 0.25) is 0 Å². The van der Waals surface area contributed by atoms with Crippen LogP contribution >= 0.6 is 0 Å². The Bertz CT molecular complexity index is 624. The van der Waals surface area contributed by atoms with E-state index in [-0.39, 0.29) is 0 Å². The van der Waals surface area contributed by atoms with Crippen LogP contribution in [0.5, 0.6) is 0 Å². The molecule has 0 aliphatic carbocycles. The first kappa shape index (κ1) is 13.1. The zero-order valence-corrected chi connectivity index (χ0v) is 11.1. The molecule has 0 fully saturated rings. The summed E-state index contributed by atoms with van der Waals surface area (Å²) in [5.74, 6) is 5.81. The van der Waals surface area contributed by atoms with Crippen LogP contribution in [0.1, 0.15) is 23.6 Å². The third-order valence-corrected chi connectivity index (χ3v) is 3.11. The third kappa shape index (κ3) is 2.56. The first-order chi connectivity index (χ1) is 9.19. The average molecular weight is 252 g/mol. The van der Waals surface area contributed by atoms with Gasteiger partial charge in [-0.25, -0.2) is 10.8 Å². The van der Waals surface area contributed by atoms with Gasteiger partial charge in [-0.3, -0.25) is 0 Å². The van der Waals surface area contributed by atoms with E-state index in [4.69, 9.17) is 11.1 Å². The van der Waals surface area contributed by atoms with E-state index in [9.17, 15) is 0 Å². The van der Waals surface area contributed by atoms with Crippen molar-refractivity contribution in [2.24, 2.45) is 5.84 Å². The number of aromatic nitrogens is 1. The maximum atomic E-state index is 9.02. The highest BCUT2D eigenvalue weighted by atomic mass is 15.2. The molecule has 96 valence electrons. The molecule has 1 aromatic heterocycles. The quantitative estimate of drug-likeness (QED) is 0.650. The van der Waals surface area contributed by atoms with Gasteiger partial charge in [-0.15, -0.1) is 0 Å². The molecule has 0 amide bonds. The first-order valence-corrected chi connectivity index (χ1v) is 6.17. The molecule has 2 aromatic rings. The number of hydrogen-bond acceptors (Lipinski definition) is 4. The first-order valence-electron chi connectivity index (χ1n) is 6.17. The Balaban J connectivity index is 2.52. The Labute approximate surface area is 112 Å². The molecule has 0 bridgehead atoms. The van der Waals surface area contributed by atoms with Crippen molar-refractivity contribution in [2.75, 3.05) is 5.43 Å². The number of hydrogen-bond donors (Lipinski definition) is 2. The zero-order chi connectivity index (χ0) is 13.8. The fourth-order valence-corrected chi connectivity index (χ4v) is 2.00. The monoisotopic (exact) mass is 252 g/mol. The van der Waals surface area contributed by atoms with E-state index in [0.717, 1.165) is 23.2 Å². The number of anilines is 1. The lowest BCUT2D eigenvalue weighted by molar-refractivity contribution is 1.14. The third-order valence-electron chi connectivity index (χ3n) is 3.11. The summed E-state index contributed by atoms with van der Waals surface area (Å²) in [7, 11) is 0. The SMILES string of the molecule is CCc1ccc(-c2nc(NN)c(C#N)cc2C)cc1. The normalized spacial score (nSPS) is 10.0. The van der Waals surface area contributed by atoms with Gasteiger partial charge in [0.2, 0.25) is 0 Å². The van der Waals surface area contributed by atoms with Crippen LogP contribution in [0.25, 0.3) is 11.3 Å². The van der Waals surface area contributed by atoms with Gasteiger partial charge in [-0.05, 0) is 30.5 Å². The van der Waals surface area contributed by atoms with Crippen molar-refractivity contribution in [1.29, 1.82) is 5.26 Å². The molecule has 0 spiro atoms. The molecule has 0 aliphatic rings. The van der Waals surface area contributed by atoms with Crippen molar-refractivity contribution in [3.8, 4) is 17.3 Å². The number of nitrogens with zero attached hydrogens (tertiary/aromatic N) is 2. The molecular weight excluding hydrogens is 236 g/mol. The topological polar surface area (TPSA) is 74.7 Å². The van der Waals surface area contributed by atoms with Crippen molar-refractivity contribution in [3.05, 3.63) is 47.0 Å². The number of pyridine rings is 1. The molecule has 3 N–H and O–H groups in total. The Morgan fingerprint density at radius 1 is 1.32 bits per heavy atom. The lowest BCUT2D eigenvalue weighted by Crippen LogP contribution is -2.11. The van der Waals surface area contributed by atoms with Gasteiger partial charge in [0.05, 0.1) is 11.3 Å². The number of nitrogen functional groups attached to an aromatic ring is 1. The van der Waals surface area contributed by atoms with Gasteiger partial charge in [0.15, 0.2) is 5.82 Å². The molecule has 1 aromatic carbocycles. The van der Waals surface area contributed by atoms with Gasteiger partial charge in [-0.1, -0.05) is 31.2 Å². The fourth-order valence-electron chi connectivity index (χ4n) is 2.00. The Kier molecular flexibility index (Phi) is 3.79.